The van der Waals surface area contributed by atoms with Crippen molar-refractivity contribution in [1.82, 2.24) is 5.32 Å². The SMILES string of the molecule is CC[C@@H](C(=O)NCCSCc1ccccc1)N(c1cccc(Cl)c1)S(C)(=O)=O. The van der Waals surface area contributed by atoms with Crippen LogP contribution >= 0.6 is 23.4 Å². The molecule has 0 saturated heterocycles. The molecule has 0 radical (unpaired) electrons. The number of halogens is 1. The summed E-state index contributed by atoms with van der Waals surface area (Å²) in [4.78, 5) is 12.7. The van der Waals surface area contributed by atoms with Gasteiger partial charge in [-0.15, -0.1) is 0 Å². The standard InChI is InChI=1S/C20H25ClN2O3S2/c1-3-19(23(28(2,25)26)18-11-7-10-17(21)14-18)20(24)22-12-13-27-15-16-8-5-4-6-9-16/h4-11,14,19H,3,12-13,15H2,1-2H3,(H,22,24)/t19-/m0/s1. The van der Waals surface area contributed by atoms with E-state index in [1.165, 1.54) is 5.56 Å². The van der Waals surface area contributed by atoms with E-state index in [0.29, 0.717) is 23.7 Å². The predicted octanol–water partition coefficient (Wildman–Crippen LogP) is 3.93. The molecule has 1 atom stereocenters. The molecule has 0 saturated carbocycles. The monoisotopic (exact) mass is 440 g/mol. The molecule has 0 fully saturated rings. The van der Waals surface area contributed by atoms with Crippen molar-refractivity contribution in [2.24, 2.45) is 0 Å². The van der Waals surface area contributed by atoms with Crippen LogP contribution in [0.2, 0.25) is 5.02 Å². The number of hydrogen-bond donors (Lipinski definition) is 1. The Morgan fingerprint density at radius 3 is 2.50 bits per heavy atom. The van der Waals surface area contributed by atoms with Gasteiger partial charge >= 0.3 is 0 Å². The molecular formula is C20H25ClN2O3S2. The molecule has 0 aliphatic heterocycles. The summed E-state index contributed by atoms with van der Waals surface area (Å²) >= 11 is 7.73. The molecular weight excluding hydrogens is 416 g/mol. The zero-order valence-corrected chi connectivity index (χ0v) is 18.4. The third kappa shape index (κ3) is 6.72. The number of hydrogen-bond acceptors (Lipinski definition) is 4. The second kappa shape index (κ2) is 10.7. The molecule has 28 heavy (non-hydrogen) atoms. The lowest BCUT2D eigenvalue weighted by Gasteiger charge is -2.30. The second-order valence-electron chi connectivity index (χ2n) is 6.29. The van der Waals surface area contributed by atoms with E-state index in [4.69, 9.17) is 11.6 Å². The first-order chi connectivity index (χ1) is 13.3. The summed E-state index contributed by atoms with van der Waals surface area (Å²) in [6.07, 6.45) is 1.45. The van der Waals surface area contributed by atoms with Gasteiger partial charge in [-0.2, -0.15) is 11.8 Å². The Hall–Kier alpha value is -1.70. The lowest BCUT2D eigenvalue weighted by Crippen LogP contribution is -2.49. The molecule has 1 N–H and O–H groups in total. The van der Waals surface area contributed by atoms with Gasteiger partial charge in [-0.3, -0.25) is 9.10 Å². The average Bonchev–Trinajstić information content (AvgIpc) is 2.65. The van der Waals surface area contributed by atoms with E-state index in [-0.39, 0.29) is 5.91 Å². The van der Waals surface area contributed by atoms with Crippen LogP contribution in [0.4, 0.5) is 5.69 Å². The lowest BCUT2D eigenvalue weighted by atomic mass is 10.2. The molecule has 0 unspecified atom stereocenters. The topological polar surface area (TPSA) is 66.5 Å². The second-order valence-corrected chi connectivity index (χ2v) is 9.69. The van der Waals surface area contributed by atoms with Gasteiger partial charge < -0.3 is 5.32 Å². The Morgan fingerprint density at radius 2 is 1.89 bits per heavy atom. The zero-order chi connectivity index (χ0) is 20.6. The van der Waals surface area contributed by atoms with Crippen molar-refractivity contribution in [3.8, 4) is 0 Å². The minimum atomic E-state index is -3.65. The smallest absolute Gasteiger partial charge is 0.243 e. The maximum atomic E-state index is 12.7. The Balaban J connectivity index is 1.97. The summed E-state index contributed by atoms with van der Waals surface area (Å²) < 4.78 is 25.9. The molecule has 1 amide bonds. The number of benzene rings is 2. The first kappa shape index (κ1) is 22.6. The van der Waals surface area contributed by atoms with Crippen molar-refractivity contribution in [1.29, 1.82) is 0 Å². The number of thioether (sulfide) groups is 1. The van der Waals surface area contributed by atoms with Crippen molar-refractivity contribution in [3.05, 3.63) is 65.2 Å². The average molecular weight is 441 g/mol. The summed E-state index contributed by atoms with van der Waals surface area (Å²) in [6, 6.07) is 15.8. The highest BCUT2D eigenvalue weighted by Gasteiger charge is 2.31. The Bertz CT molecular complexity index is 876. The Morgan fingerprint density at radius 1 is 1.18 bits per heavy atom. The van der Waals surface area contributed by atoms with E-state index in [1.807, 2.05) is 18.2 Å². The highest BCUT2D eigenvalue weighted by atomic mass is 35.5. The molecule has 8 heteroatoms. The van der Waals surface area contributed by atoms with E-state index in [1.54, 1.807) is 43.0 Å². The molecule has 0 aliphatic carbocycles. The van der Waals surface area contributed by atoms with Crippen LogP contribution in [0.25, 0.3) is 0 Å². The molecule has 2 aromatic carbocycles. The first-order valence-corrected chi connectivity index (χ1v) is 12.4. The highest BCUT2D eigenvalue weighted by Crippen LogP contribution is 2.25. The van der Waals surface area contributed by atoms with Gasteiger partial charge in [0.25, 0.3) is 0 Å². The summed E-state index contributed by atoms with van der Waals surface area (Å²) in [5, 5.41) is 3.27. The zero-order valence-electron chi connectivity index (χ0n) is 16.0. The number of carbonyl (C=O) groups excluding carboxylic acids is 1. The molecule has 2 aromatic rings. The summed E-state index contributed by atoms with van der Waals surface area (Å²) in [5.74, 6) is 1.30. The van der Waals surface area contributed by atoms with Crippen molar-refractivity contribution in [2.75, 3.05) is 22.9 Å². The molecule has 0 aromatic heterocycles. The quantitative estimate of drug-likeness (QED) is 0.568. The van der Waals surface area contributed by atoms with E-state index in [9.17, 15) is 13.2 Å². The number of sulfonamides is 1. The van der Waals surface area contributed by atoms with Crippen LogP contribution in [0.1, 0.15) is 18.9 Å². The first-order valence-electron chi connectivity index (χ1n) is 8.97. The fraction of sp³-hybridized carbons (Fsp3) is 0.350. The van der Waals surface area contributed by atoms with Crippen LogP contribution in [-0.4, -0.2) is 38.9 Å². The number of anilines is 1. The van der Waals surface area contributed by atoms with Crippen molar-refractivity contribution < 1.29 is 13.2 Å². The van der Waals surface area contributed by atoms with E-state index >= 15 is 0 Å². The van der Waals surface area contributed by atoms with Gasteiger partial charge in [-0.05, 0) is 30.2 Å². The van der Waals surface area contributed by atoms with Crippen LogP contribution in [0, 0.1) is 0 Å². The largest absolute Gasteiger partial charge is 0.353 e. The van der Waals surface area contributed by atoms with Crippen LogP contribution in [0.15, 0.2) is 54.6 Å². The number of carbonyl (C=O) groups is 1. The minimum Gasteiger partial charge on any atom is -0.353 e. The number of amides is 1. The highest BCUT2D eigenvalue weighted by molar-refractivity contribution is 7.98. The van der Waals surface area contributed by atoms with Crippen LogP contribution in [0.3, 0.4) is 0 Å². The molecule has 2 rings (SSSR count). The minimum absolute atomic E-state index is 0.312. The van der Waals surface area contributed by atoms with Gasteiger partial charge in [0.2, 0.25) is 15.9 Å². The van der Waals surface area contributed by atoms with E-state index in [2.05, 4.69) is 17.4 Å². The van der Waals surface area contributed by atoms with Gasteiger partial charge in [-0.1, -0.05) is 54.9 Å². The number of rotatable bonds is 10. The molecule has 0 spiro atoms. The Labute approximate surface area is 176 Å². The van der Waals surface area contributed by atoms with Crippen molar-refractivity contribution >= 4 is 45.0 Å². The summed E-state index contributed by atoms with van der Waals surface area (Å²) in [5.41, 5.74) is 1.62. The third-order valence-corrected chi connectivity index (χ3v) is 6.49. The van der Waals surface area contributed by atoms with E-state index in [0.717, 1.165) is 22.1 Å². The van der Waals surface area contributed by atoms with E-state index < -0.39 is 16.1 Å². The fourth-order valence-electron chi connectivity index (χ4n) is 2.80. The van der Waals surface area contributed by atoms with Crippen molar-refractivity contribution in [3.63, 3.8) is 0 Å². The van der Waals surface area contributed by atoms with Crippen molar-refractivity contribution in [2.45, 2.75) is 25.1 Å². The van der Waals surface area contributed by atoms with Gasteiger partial charge in [0.05, 0.1) is 11.9 Å². The summed E-state index contributed by atoms with van der Waals surface area (Å²) in [7, 11) is -3.65. The van der Waals surface area contributed by atoms with Gasteiger partial charge in [0.1, 0.15) is 6.04 Å². The molecule has 152 valence electrons. The van der Waals surface area contributed by atoms with Gasteiger partial charge in [-0.25, -0.2) is 8.42 Å². The number of nitrogens with zero attached hydrogens (tertiary/aromatic N) is 1. The molecule has 0 aliphatic rings. The third-order valence-electron chi connectivity index (χ3n) is 4.05. The lowest BCUT2D eigenvalue weighted by molar-refractivity contribution is -0.122. The van der Waals surface area contributed by atoms with Crippen LogP contribution in [0.5, 0.6) is 0 Å². The predicted molar refractivity (Wildman–Crippen MR) is 118 cm³/mol. The normalized spacial score (nSPS) is 12.4. The molecule has 5 nitrogen and oxygen atoms in total. The Kier molecular flexibility index (Phi) is 8.66. The number of nitrogens with one attached hydrogen (secondary N) is 1. The maximum absolute atomic E-state index is 12.7. The van der Waals surface area contributed by atoms with Gasteiger partial charge in [0.15, 0.2) is 0 Å². The molecule has 0 bridgehead atoms. The van der Waals surface area contributed by atoms with Gasteiger partial charge in [0, 0.05) is 23.1 Å². The maximum Gasteiger partial charge on any atom is 0.243 e. The summed E-state index contributed by atoms with van der Waals surface area (Å²) in [6.45, 7) is 2.26. The van der Waals surface area contributed by atoms with Crippen LogP contribution in [-0.2, 0) is 20.6 Å². The fourth-order valence-corrected chi connectivity index (χ4v) is 5.01. The molecule has 0 heterocycles. The van der Waals surface area contributed by atoms with Crippen LogP contribution < -0.4 is 9.62 Å².